The van der Waals surface area contributed by atoms with Crippen molar-refractivity contribution in [3.05, 3.63) is 35.9 Å². The highest BCUT2D eigenvalue weighted by molar-refractivity contribution is 5.78. The molecule has 0 saturated carbocycles. The summed E-state index contributed by atoms with van der Waals surface area (Å²) in [6.45, 7) is 4.00. The molecule has 1 aromatic rings. The van der Waals surface area contributed by atoms with E-state index in [2.05, 4.69) is 41.3 Å². The molecule has 1 N–H and O–H groups in total. The van der Waals surface area contributed by atoms with E-state index in [-0.39, 0.29) is 11.9 Å². The van der Waals surface area contributed by atoms with Crippen LogP contribution >= 0.6 is 0 Å². The third-order valence-electron chi connectivity index (χ3n) is 5.47. The summed E-state index contributed by atoms with van der Waals surface area (Å²) in [6, 6.07) is 10.5. The second-order valence-corrected chi connectivity index (χ2v) is 7.53. The SMILES string of the molecule is CN(C)[C@H](CNC(=O)CN1CC[C@@H]2OCCC[C@H]2C1)c1ccccc1. The first-order valence-corrected chi connectivity index (χ1v) is 9.45. The molecule has 138 valence electrons. The minimum atomic E-state index is 0.123. The Labute approximate surface area is 151 Å². The van der Waals surface area contributed by atoms with Gasteiger partial charge in [0.25, 0.3) is 0 Å². The molecule has 5 heteroatoms. The van der Waals surface area contributed by atoms with Gasteiger partial charge in [-0.3, -0.25) is 9.69 Å². The van der Waals surface area contributed by atoms with Crippen molar-refractivity contribution >= 4 is 5.91 Å². The molecule has 0 radical (unpaired) electrons. The molecule has 2 saturated heterocycles. The zero-order valence-electron chi connectivity index (χ0n) is 15.5. The number of nitrogens with zero attached hydrogens (tertiary/aromatic N) is 2. The van der Waals surface area contributed by atoms with Crippen LogP contribution in [0.25, 0.3) is 0 Å². The Kier molecular flexibility index (Phi) is 6.45. The number of ether oxygens (including phenoxy) is 1. The van der Waals surface area contributed by atoms with Gasteiger partial charge in [0.05, 0.1) is 18.7 Å². The van der Waals surface area contributed by atoms with E-state index >= 15 is 0 Å². The first kappa shape index (κ1) is 18.4. The number of benzene rings is 1. The van der Waals surface area contributed by atoms with Gasteiger partial charge in [0.2, 0.25) is 5.91 Å². The molecule has 2 aliphatic heterocycles. The molecule has 2 aliphatic rings. The van der Waals surface area contributed by atoms with E-state index < -0.39 is 0 Å². The molecule has 0 unspecified atom stereocenters. The lowest BCUT2D eigenvalue weighted by Gasteiger charge is -2.40. The van der Waals surface area contributed by atoms with Crippen LogP contribution in [-0.2, 0) is 9.53 Å². The second-order valence-electron chi connectivity index (χ2n) is 7.53. The topological polar surface area (TPSA) is 44.8 Å². The summed E-state index contributed by atoms with van der Waals surface area (Å²) in [5.41, 5.74) is 1.23. The van der Waals surface area contributed by atoms with Gasteiger partial charge in [0.1, 0.15) is 0 Å². The zero-order valence-corrected chi connectivity index (χ0v) is 15.5. The summed E-state index contributed by atoms with van der Waals surface area (Å²) in [6.07, 6.45) is 3.87. The molecule has 3 rings (SSSR count). The van der Waals surface area contributed by atoms with E-state index in [0.29, 0.717) is 25.1 Å². The number of hydrogen-bond acceptors (Lipinski definition) is 4. The first-order valence-electron chi connectivity index (χ1n) is 9.45. The molecular weight excluding hydrogens is 314 g/mol. The van der Waals surface area contributed by atoms with Gasteiger partial charge < -0.3 is 15.0 Å². The highest BCUT2D eigenvalue weighted by Crippen LogP contribution is 2.28. The van der Waals surface area contributed by atoms with E-state index in [1.54, 1.807) is 0 Å². The van der Waals surface area contributed by atoms with Crippen LogP contribution in [0, 0.1) is 5.92 Å². The fourth-order valence-corrected chi connectivity index (χ4v) is 4.05. The van der Waals surface area contributed by atoms with Gasteiger partial charge in [-0.1, -0.05) is 30.3 Å². The average Bonchev–Trinajstić information content (AvgIpc) is 2.62. The van der Waals surface area contributed by atoms with Gasteiger partial charge in [-0.15, -0.1) is 0 Å². The minimum absolute atomic E-state index is 0.123. The number of likely N-dealkylation sites (tertiary alicyclic amines) is 1. The Bertz CT molecular complexity index is 549. The molecular formula is C20H31N3O2. The third-order valence-corrected chi connectivity index (χ3v) is 5.47. The summed E-state index contributed by atoms with van der Waals surface area (Å²) in [5.74, 6) is 0.729. The summed E-state index contributed by atoms with van der Waals surface area (Å²) in [5, 5.41) is 3.13. The lowest BCUT2D eigenvalue weighted by molar-refractivity contribution is -0.124. The van der Waals surface area contributed by atoms with Crippen molar-refractivity contribution in [2.75, 3.05) is 46.9 Å². The second kappa shape index (κ2) is 8.79. The summed E-state index contributed by atoms with van der Waals surface area (Å²) in [4.78, 5) is 16.9. The molecule has 1 aromatic carbocycles. The molecule has 2 heterocycles. The Balaban J connectivity index is 1.47. The quantitative estimate of drug-likeness (QED) is 0.855. The highest BCUT2D eigenvalue weighted by Gasteiger charge is 2.32. The standard InChI is InChI=1S/C20H31N3O2/c1-22(2)18(16-7-4-3-5-8-16)13-21-20(24)15-23-11-10-19-17(14-23)9-6-12-25-19/h3-5,7-8,17-19H,6,9-15H2,1-2H3,(H,21,24)/t17-,18+,19-/m0/s1. The summed E-state index contributed by atoms with van der Waals surface area (Å²) >= 11 is 0. The van der Waals surface area contributed by atoms with Crippen LogP contribution in [0.2, 0.25) is 0 Å². The number of rotatable bonds is 6. The molecule has 25 heavy (non-hydrogen) atoms. The minimum Gasteiger partial charge on any atom is -0.378 e. The Morgan fingerprint density at radius 3 is 2.88 bits per heavy atom. The predicted molar refractivity (Wildman–Crippen MR) is 99.4 cm³/mol. The Morgan fingerprint density at radius 1 is 1.32 bits per heavy atom. The van der Waals surface area contributed by atoms with Crippen molar-refractivity contribution in [2.24, 2.45) is 5.92 Å². The number of carbonyl (C=O) groups excluding carboxylic acids is 1. The van der Waals surface area contributed by atoms with Gasteiger partial charge in [0.15, 0.2) is 0 Å². The molecule has 0 bridgehead atoms. The van der Waals surface area contributed by atoms with Crippen molar-refractivity contribution in [3.63, 3.8) is 0 Å². The van der Waals surface area contributed by atoms with Crippen molar-refractivity contribution in [1.82, 2.24) is 15.1 Å². The lowest BCUT2D eigenvalue weighted by atomic mass is 9.88. The molecule has 5 nitrogen and oxygen atoms in total. The maximum absolute atomic E-state index is 12.4. The normalized spacial score (nSPS) is 25.4. The maximum Gasteiger partial charge on any atom is 0.234 e. The van der Waals surface area contributed by atoms with E-state index in [4.69, 9.17) is 4.74 Å². The monoisotopic (exact) mass is 345 g/mol. The Morgan fingerprint density at radius 2 is 2.12 bits per heavy atom. The van der Waals surface area contributed by atoms with Crippen molar-refractivity contribution in [1.29, 1.82) is 0 Å². The fraction of sp³-hybridized carbons (Fsp3) is 0.650. The van der Waals surface area contributed by atoms with E-state index in [0.717, 1.165) is 32.5 Å². The molecule has 1 amide bonds. The van der Waals surface area contributed by atoms with Crippen molar-refractivity contribution in [2.45, 2.75) is 31.4 Å². The van der Waals surface area contributed by atoms with Crippen LogP contribution in [0.1, 0.15) is 30.9 Å². The van der Waals surface area contributed by atoms with Crippen LogP contribution in [-0.4, -0.2) is 68.7 Å². The summed E-state index contributed by atoms with van der Waals surface area (Å²) < 4.78 is 5.86. The van der Waals surface area contributed by atoms with E-state index in [1.807, 2.05) is 18.2 Å². The maximum atomic E-state index is 12.4. The van der Waals surface area contributed by atoms with Crippen LogP contribution in [0.15, 0.2) is 30.3 Å². The van der Waals surface area contributed by atoms with E-state index in [9.17, 15) is 4.79 Å². The lowest BCUT2D eigenvalue weighted by Crippen LogP contribution is -2.49. The highest BCUT2D eigenvalue weighted by atomic mass is 16.5. The molecule has 0 spiro atoms. The van der Waals surface area contributed by atoms with E-state index in [1.165, 1.54) is 12.0 Å². The largest absolute Gasteiger partial charge is 0.378 e. The van der Waals surface area contributed by atoms with Gasteiger partial charge in [-0.05, 0) is 44.8 Å². The zero-order chi connectivity index (χ0) is 17.6. The van der Waals surface area contributed by atoms with Gasteiger partial charge in [0, 0.05) is 26.2 Å². The van der Waals surface area contributed by atoms with Crippen molar-refractivity contribution in [3.8, 4) is 0 Å². The Hall–Kier alpha value is -1.43. The number of nitrogens with one attached hydrogen (secondary N) is 1. The number of carbonyl (C=O) groups is 1. The molecule has 2 fully saturated rings. The average molecular weight is 345 g/mol. The fourth-order valence-electron chi connectivity index (χ4n) is 4.05. The van der Waals surface area contributed by atoms with Gasteiger partial charge >= 0.3 is 0 Å². The number of hydrogen-bond donors (Lipinski definition) is 1. The van der Waals surface area contributed by atoms with Crippen molar-refractivity contribution < 1.29 is 9.53 Å². The summed E-state index contributed by atoms with van der Waals surface area (Å²) in [7, 11) is 4.11. The molecule has 0 aliphatic carbocycles. The predicted octanol–water partition coefficient (Wildman–Crippen LogP) is 1.91. The number of piperidine rings is 1. The van der Waals surface area contributed by atoms with Crippen LogP contribution in [0.4, 0.5) is 0 Å². The number of amides is 1. The molecule has 0 aromatic heterocycles. The molecule has 3 atom stereocenters. The number of fused-ring (bicyclic) bond motifs is 1. The number of likely N-dealkylation sites (N-methyl/N-ethyl adjacent to an activating group) is 1. The van der Waals surface area contributed by atoms with Crippen LogP contribution in [0.5, 0.6) is 0 Å². The smallest absolute Gasteiger partial charge is 0.234 e. The van der Waals surface area contributed by atoms with Crippen LogP contribution in [0.3, 0.4) is 0 Å². The first-order chi connectivity index (χ1) is 12.1. The van der Waals surface area contributed by atoms with Gasteiger partial charge in [-0.25, -0.2) is 0 Å². The van der Waals surface area contributed by atoms with Crippen LogP contribution < -0.4 is 5.32 Å². The van der Waals surface area contributed by atoms with Gasteiger partial charge in [-0.2, -0.15) is 0 Å². The third kappa shape index (κ3) is 5.03.